The molecule has 4 rings (SSSR count). The molecule has 0 bridgehead atoms. The number of carbonyl (C=O) groups excluding carboxylic acids is 1. The summed E-state index contributed by atoms with van der Waals surface area (Å²) in [5.41, 5.74) is 0.602. The van der Waals surface area contributed by atoms with E-state index in [0.29, 0.717) is 24.5 Å². The van der Waals surface area contributed by atoms with Crippen LogP contribution in [0.5, 0.6) is 5.75 Å². The van der Waals surface area contributed by atoms with Gasteiger partial charge in [-0.05, 0) is 38.3 Å². The molecular formula is C19H24N4O3. The van der Waals surface area contributed by atoms with E-state index in [4.69, 9.17) is 9.47 Å². The van der Waals surface area contributed by atoms with Crippen molar-refractivity contribution in [1.29, 1.82) is 0 Å². The normalized spacial score (nSPS) is 22.4. The van der Waals surface area contributed by atoms with Crippen LogP contribution in [0.2, 0.25) is 0 Å². The highest BCUT2D eigenvalue weighted by Crippen LogP contribution is 2.31. The molecule has 1 aliphatic heterocycles. The first-order valence-corrected chi connectivity index (χ1v) is 9.13. The van der Waals surface area contributed by atoms with Gasteiger partial charge in [0.05, 0.1) is 23.7 Å². The van der Waals surface area contributed by atoms with Gasteiger partial charge in [-0.1, -0.05) is 12.1 Å². The predicted molar refractivity (Wildman–Crippen MR) is 95.3 cm³/mol. The quantitative estimate of drug-likeness (QED) is 0.859. The van der Waals surface area contributed by atoms with E-state index in [-0.39, 0.29) is 24.0 Å². The van der Waals surface area contributed by atoms with E-state index in [1.165, 1.54) is 0 Å². The van der Waals surface area contributed by atoms with Gasteiger partial charge in [-0.25, -0.2) is 4.98 Å². The molecule has 1 amide bonds. The molecule has 138 valence electrons. The third-order valence-corrected chi connectivity index (χ3v) is 4.89. The number of aromatic nitrogens is 3. The average molecular weight is 356 g/mol. The molecule has 7 heteroatoms. The molecule has 0 unspecified atom stereocenters. The number of likely N-dealkylation sites (N-methyl/N-ethyl adjacent to an activating group) is 1. The van der Waals surface area contributed by atoms with Crippen LogP contribution < -0.4 is 4.74 Å². The number of nitrogens with zero attached hydrogens (tertiary/aromatic N) is 3. The third kappa shape index (κ3) is 3.58. The van der Waals surface area contributed by atoms with E-state index in [0.717, 1.165) is 30.9 Å². The number of hydrogen-bond acceptors (Lipinski definition) is 5. The van der Waals surface area contributed by atoms with Gasteiger partial charge in [-0.2, -0.15) is 5.10 Å². The first-order chi connectivity index (χ1) is 12.6. The molecule has 2 heterocycles. The van der Waals surface area contributed by atoms with Crippen molar-refractivity contribution in [3.8, 4) is 5.75 Å². The van der Waals surface area contributed by atoms with Gasteiger partial charge >= 0.3 is 0 Å². The number of aryl methyl sites for hydroxylation is 1. The number of H-pyrrole nitrogens is 1. The number of carbonyl (C=O) groups is 1. The fourth-order valence-electron chi connectivity index (χ4n) is 3.32. The van der Waals surface area contributed by atoms with Gasteiger partial charge in [0.15, 0.2) is 5.82 Å². The summed E-state index contributed by atoms with van der Waals surface area (Å²) in [7, 11) is 1.80. The summed E-state index contributed by atoms with van der Waals surface area (Å²) in [6.07, 6.45) is 3.14. The van der Waals surface area contributed by atoms with Gasteiger partial charge in [0.2, 0.25) is 0 Å². The summed E-state index contributed by atoms with van der Waals surface area (Å²) in [5, 5.41) is 7.16. The molecule has 1 saturated heterocycles. The largest absolute Gasteiger partial charge is 0.490 e. The average Bonchev–Trinajstić information content (AvgIpc) is 3.15. The Morgan fingerprint density at radius 1 is 1.35 bits per heavy atom. The topological polar surface area (TPSA) is 80.3 Å². The van der Waals surface area contributed by atoms with E-state index in [1.54, 1.807) is 11.9 Å². The van der Waals surface area contributed by atoms with Crippen LogP contribution in [0.4, 0.5) is 0 Å². The molecule has 2 aliphatic rings. The lowest BCUT2D eigenvalue weighted by Crippen LogP contribution is -2.36. The van der Waals surface area contributed by atoms with Crippen LogP contribution in [-0.4, -0.2) is 58.4 Å². The molecule has 26 heavy (non-hydrogen) atoms. The second kappa shape index (κ2) is 7.07. The first kappa shape index (κ1) is 17.0. The Morgan fingerprint density at radius 3 is 2.88 bits per heavy atom. The van der Waals surface area contributed by atoms with Gasteiger partial charge < -0.3 is 14.4 Å². The molecule has 1 N–H and O–H groups in total. The lowest BCUT2D eigenvalue weighted by molar-refractivity contribution is 0.0547. The highest BCUT2D eigenvalue weighted by Gasteiger charge is 2.34. The van der Waals surface area contributed by atoms with Crippen molar-refractivity contribution >= 4 is 5.91 Å². The van der Waals surface area contributed by atoms with Crippen molar-refractivity contribution in [1.82, 2.24) is 20.1 Å². The van der Waals surface area contributed by atoms with E-state index in [2.05, 4.69) is 15.2 Å². The Bertz CT molecular complexity index is 787. The maximum atomic E-state index is 13.0. The van der Waals surface area contributed by atoms with Gasteiger partial charge in [-0.3, -0.25) is 9.89 Å². The number of nitrogens with one attached hydrogen (secondary N) is 1. The van der Waals surface area contributed by atoms with Crippen LogP contribution in [0.1, 0.15) is 47.2 Å². The zero-order chi connectivity index (χ0) is 18.1. The molecule has 2 fully saturated rings. The van der Waals surface area contributed by atoms with Gasteiger partial charge in [0.25, 0.3) is 5.91 Å². The number of aromatic amines is 1. The first-order valence-electron chi connectivity index (χ1n) is 9.13. The number of hydrogen-bond donors (Lipinski definition) is 1. The summed E-state index contributed by atoms with van der Waals surface area (Å²) in [6, 6.07) is 7.45. The minimum atomic E-state index is -0.101. The molecule has 1 aliphatic carbocycles. The maximum Gasteiger partial charge on any atom is 0.257 e. The molecule has 2 atom stereocenters. The summed E-state index contributed by atoms with van der Waals surface area (Å²) in [5.74, 6) is 2.28. The SMILES string of the molecule is Cc1nc([C@@H]2CCO[C@@H]2CN(C)C(=O)c2ccccc2OC2CC2)n[nH]1. The molecule has 1 aromatic carbocycles. The Balaban J connectivity index is 1.45. The number of para-hydroxylation sites is 1. The summed E-state index contributed by atoms with van der Waals surface area (Å²) >= 11 is 0. The second-order valence-corrected chi connectivity index (χ2v) is 7.08. The summed E-state index contributed by atoms with van der Waals surface area (Å²) in [6.45, 7) is 3.04. The van der Waals surface area contributed by atoms with Crippen molar-refractivity contribution < 1.29 is 14.3 Å². The van der Waals surface area contributed by atoms with Crippen LogP contribution in [0.25, 0.3) is 0 Å². The Labute approximate surface area is 152 Å². The highest BCUT2D eigenvalue weighted by atomic mass is 16.5. The monoisotopic (exact) mass is 356 g/mol. The third-order valence-electron chi connectivity index (χ3n) is 4.89. The van der Waals surface area contributed by atoms with Crippen molar-refractivity contribution in [2.45, 2.75) is 44.3 Å². The number of ether oxygens (including phenoxy) is 2. The highest BCUT2D eigenvalue weighted by molar-refractivity contribution is 5.96. The van der Waals surface area contributed by atoms with Gasteiger partial charge in [0.1, 0.15) is 11.6 Å². The molecule has 2 aromatic rings. The summed E-state index contributed by atoms with van der Waals surface area (Å²) < 4.78 is 11.8. The standard InChI is InChI=1S/C19H24N4O3/c1-12-20-18(22-21-12)14-9-10-25-17(14)11-23(2)19(24)15-5-3-4-6-16(15)26-13-7-8-13/h3-6,13-14,17H,7-11H2,1-2H3,(H,20,21,22)/t14-,17-/m1/s1. The maximum absolute atomic E-state index is 13.0. The van der Waals surface area contributed by atoms with Gasteiger partial charge in [-0.15, -0.1) is 0 Å². The van der Waals surface area contributed by atoms with Crippen molar-refractivity contribution in [2.24, 2.45) is 0 Å². The molecule has 0 radical (unpaired) electrons. The van der Waals surface area contributed by atoms with Crippen molar-refractivity contribution in [3.05, 3.63) is 41.5 Å². The van der Waals surface area contributed by atoms with Crippen LogP contribution in [0.3, 0.4) is 0 Å². The second-order valence-electron chi connectivity index (χ2n) is 7.08. The molecule has 0 spiro atoms. The predicted octanol–water partition coefficient (Wildman–Crippen LogP) is 2.30. The zero-order valence-corrected chi connectivity index (χ0v) is 15.1. The van der Waals surface area contributed by atoms with E-state index < -0.39 is 0 Å². The fraction of sp³-hybridized carbons (Fsp3) is 0.526. The molecule has 7 nitrogen and oxygen atoms in total. The number of rotatable bonds is 6. The van der Waals surface area contributed by atoms with Crippen molar-refractivity contribution in [3.63, 3.8) is 0 Å². The van der Waals surface area contributed by atoms with Crippen LogP contribution in [0, 0.1) is 6.92 Å². The van der Waals surface area contributed by atoms with Crippen LogP contribution >= 0.6 is 0 Å². The Hall–Kier alpha value is -2.41. The van der Waals surface area contributed by atoms with Crippen LogP contribution in [-0.2, 0) is 4.74 Å². The van der Waals surface area contributed by atoms with E-state index >= 15 is 0 Å². The lowest BCUT2D eigenvalue weighted by atomic mass is 10.00. The van der Waals surface area contributed by atoms with Crippen LogP contribution in [0.15, 0.2) is 24.3 Å². The lowest BCUT2D eigenvalue weighted by Gasteiger charge is -2.24. The molecule has 1 saturated carbocycles. The fourth-order valence-corrected chi connectivity index (χ4v) is 3.32. The van der Waals surface area contributed by atoms with E-state index in [9.17, 15) is 4.79 Å². The molecular weight excluding hydrogens is 332 g/mol. The zero-order valence-electron chi connectivity index (χ0n) is 15.1. The minimum absolute atomic E-state index is 0.0540. The molecule has 1 aromatic heterocycles. The number of amides is 1. The van der Waals surface area contributed by atoms with Crippen molar-refractivity contribution in [2.75, 3.05) is 20.2 Å². The Kier molecular flexibility index (Phi) is 4.63. The minimum Gasteiger partial charge on any atom is -0.490 e. The van der Waals surface area contributed by atoms with E-state index in [1.807, 2.05) is 31.2 Å². The van der Waals surface area contributed by atoms with Gasteiger partial charge in [0, 0.05) is 20.2 Å². The summed E-state index contributed by atoms with van der Waals surface area (Å²) in [4.78, 5) is 19.1. The Morgan fingerprint density at radius 2 is 2.15 bits per heavy atom. The smallest absolute Gasteiger partial charge is 0.257 e. The number of benzene rings is 1.